The summed E-state index contributed by atoms with van der Waals surface area (Å²) in [4.78, 5) is 0. The van der Waals surface area contributed by atoms with Gasteiger partial charge in [-0.2, -0.15) is 18.3 Å². The van der Waals surface area contributed by atoms with Crippen molar-refractivity contribution >= 4 is 0 Å². The highest BCUT2D eigenvalue weighted by molar-refractivity contribution is 5.18. The average Bonchev–Trinajstić information content (AvgIpc) is 2.87. The van der Waals surface area contributed by atoms with Crippen LogP contribution in [0.2, 0.25) is 0 Å². The van der Waals surface area contributed by atoms with Gasteiger partial charge in [0.25, 0.3) is 0 Å². The summed E-state index contributed by atoms with van der Waals surface area (Å²) in [6, 6.07) is 9.07. The Kier molecular flexibility index (Phi) is 3.61. The van der Waals surface area contributed by atoms with Crippen LogP contribution in [0.4, 0.5) is 13.2 Å². The lowest BCUT2D eigenvalue weighted by atomic mass is 10.0. The molecule has 0 radical (unpaired) electrons. The first kappa shape index (κ1) is 13.6. The molecule has 102 valence electrons. The Bertz CT molecular complexity index is 536. The van der Waals surface area contributed by atoms with Gasteiger partial charge in [0, 0.05) is 6.20 Å². The van der Waals surface area contributed by atoms with Crippen molar-refractivity contribution in [2.45, 2.75) is 25.2 Å². The van der Waals surface area contributed by atoms with Crippen LogP contribution in [-0.4, -0.2) is 14.9 Å². The fourth-order valence-electron chi connectivity index (χ4n) is 1.79. The van der Waals surface area contributed by atoms with E-state index in [1.165, 1.54) is 6.20 Å². The summed E-state index contributed by atoms with van der Waals surface area (Å²) in [5, 5.41) is 13.6. The molecule has 2 unspecified atom stereocenters. The summed E-state index contributed by atoms with van der Waals surface area (Å²) in [6.07, 6.45) is -4.16. The van der Waals surface area contributed by atoms with Crippen LogP contribution in [0, 0.1) is 0 Å². The highest BCUT2D eigenvalue weighted by atomic mass is 19.4. The topological polar surface area (TPSA) is 38.0 Å². The standard InChI is InChI=1S/C13H13F3N2O/c1-9(12(19)10-5-3-2-4-6-10)18-8-7-11(17-18)13(14,15)16/h2-9,12,19H,1H3. The van der Waals surface area contributed by atoms with Crippen LogP contribution in [-0.2, 0) is 6.18 Å². The molecule has 0 aliphatic heterocycles. The Morgan fingerprint density at radius 3 is 2.32 bits per heavy atom. The van der Waals surface area contributed by atoms with Gasteiger partial charge in [-0.1, -0.05) is 30.3 Å². The fraction of sp³-hybridized carbons (Fsp3) is 0.308. The Morgan fingerprint density at radius 1 is 1.16 bits per heavy atom. The lowest BCUT2D eigenvalue weighted by molar-refractivity contribution is -0.141. The molecule has 0 fully saturated rings. The van der Waals surface area contributed by atoms with Gasteiger partial charge in [-0.15, -0.1) is 0 Å². The van der Waals surface area contributed by atoms with Gasteiger partial charge in [0.1, 0.15) is 6.10 Å². The maximum absolute atomic E-state index is 12.5. The number of aromatic nitrogens is 2. The van der Waals surface area contributed by atoms with Gasteiger partial charge < -0.3 is 5.11 Å². The maximum Gasteiger partial charge on any atom is 0.435 e. The second kappa shape index (κ2) is 5.05. The van der Waals surface area contributed by atoms with Gasteiger partial charge in [-0.3, -0.25) is 4.68 Å². The first-order chi connectivity index (χ1) is 8.89. The molecule has 0 aliphatic rings. The predicted molar refractivity (Wildman–Crippen MR) is 63.3 cm³/mol. The number of benzene rings is 1. The van der Waals surface area contributed by atoms with Gasteiger partial charge in [0.2, 0.25) is 0 Å². The summed E-state index contributed by atoms with van der Waals surface area (Å²) in [5.74, 6) is 0. The minimum atomic E-state index is -4.47. The van der Waals surface area contributed by atoms with E-state index in [-0.39, 0.29) is 0 Å². The van der Waals surface area contributed by atoms with Crippen molar-refractivity contribution in [1.29, 1.82) is 0 Å². The first-order valence-corrected chi connectivity index (χ1v) is 5.75. The van der Waals surface area contributed by atoms with Crippen LogP contribution in [0.25, 0.3) is 0 Å². The molecule has 2 rings (SSSR count). The van der Waals surface area contributed by atoms with E-state index in [1.807, 2.05) is 0 Å². The molecule has 3 nitrogen and oxygen atoms in total. The Morgan fingerprint density at radius 2 is 1.79 bits per heavy atom. The van der Waals surface area contributed by atoms with Crippen LogP contribution in [0.1, 0.15) is 30.3 Å². The normalized spacial score (nSPS) is 15.2. The molecule has 0 bridgehead atoms. The third kappa shape index (κ3) is 2.96. The monoisotopic (exact) mass is 270 g/mol. The quantitative estimate of drug-likeness (QED) is 0.930. The molecule has 2 aromatic rings. The van der Waals surface area contributed by atoms with Crippen molar-refractivity contribution in [1.82, 2.24) is 9.78 Å². The minimum Gasteiger partial charge on any atom is -0.386 e. The first-order valence-electron chi connectivity index (χ1n) is 5.75. The van der Waals surface area contributed by atoms with Gasteiger partial charge >= 0.3 is 6.18 Å². The number of hydrogen-bond acceptors (Lipinski definition) is 2. The lowest BCUT2D eigenvalue weighted by Gasteiger charge is -2.19. The third-order valence-electron chi connectivity index (χ3n) is 2.91. The fourth-order valence-corrected chi connectivity index (χ4v) is 1.79. The molecule has 0 aliphatic carbocycles. The molecule has 0 amide bonds. The average molecular weight is 270 g/mol. The number of nitrogens with zero attached hydrogens (tertiary/aromatic N) is 2. The summed E-state index contributed by atoms with van der Waals surface area (Å²) >= 11 is 0. The number of alkyl halides is 3. The summed E-state index contributed by atoms with van der Waals surface area (Å²) in [6.45, 7) is 1.62. The molecular formula is C13H13F3N2O. The second-order valence-corrected chi connectivity index (χ2v) is 4.27. The molecule has 1 N–H and O–H groups in total. The summed E-state index contributed by atoms with van der Waals surface area (Å²) in [5.41, 5.74) is -0.321. The van der Waals surface area contributed by atoms with Crippen LogP contribution < -0.4 is 0 Å². The van der Waals surface area contributed by atoms with E-state index in [0.29, 0.717) is 5.56 Å². The number of halogens is 3. The summed E-state index contributed by atoms with van der Waals surface area (Å²) < 4.78 is 38.5. The lowest BCUT2D eigenvalue weighted by Crippen LogP contribution is -2.16. The van der Waals surface area contributed by atoms with E-state index in [2.05, 4.69) is 5.10 Å². The molecule has 0 spiro atoms. The van der Waals surface area contributed by atoms with Gasteiger partial charge in [0.05, 0.1) is 6.04 Å². The van der Waals surface area contributed by atoms with Crippen molar-refractivity contribution in [3.8, 4) is 0 Å². The smallest absolute Gasteiger partial charge is 0.386 e. The predicted octanol–water partition coefficient (Wildman–Crippen LogP) is 3.20. The van der Waals surface area contributed by atoms with Crippen LogP contribution in [0.15, 0.2) is 42.6 Å². The number of rotatable bonds is 3. The summed E-state index contributed by atoms with van der Waals surface area (Å²) in [7, 11) is 0. The van der Waals surface area contributed by atoms with Crippen LogP contribution >= 0.6 is 0 Å². The number of aliphatic hydroxyl groups is 1. The largest absolute Gasteiger partial charge is 0.435 e. The zero-order chi connectivity index (χ0) is 14.0. The molecule has 1 aromatic heterocycles. The zero-order valence-electron chi connectivity index (χ0n) is 10.2. The van der Waals surface area contributed by atoms with E-state index >= 15 is 0 Å². The Labute approximate surface area is 108 Å². The number of aliphatic hydroxyl groups excluding tert-OH is 1. The Hall–Kier alpha value is -1.82. The van der Waals surface area contributed by atoms with E-state index in [9.17, 15) is 18.3 Å². The minimum absolute atomic E-state index is 0.585. The van der Waals surface area contributed by atoms with Crippen molar-refractivity contribution < 1.29 is 18.3 Å². The highest BCUT2D eigenvalue weighted by Gasteiger charge is 2.34. The van der Waals surface area contributed by atoms with Crippen molar-refractivity contribution in [2.75, 3.05) is 0 Å². The van der Waals surface area contributed by atoms with E-state index in [0.717, 1.165) is 10.7 Å². The Balaban J connectivity index is 2.20. The molecule has 19 heavy (non-hydrogen) atoms. The second-order valence-electron chi connectivity index (χ2n) is 4.27. The third-order valence-corrected chi connectivity index (χ3v) is 2.91. The zero-order valence-corrected chi connectivity index (χ0v) is 10.2. The van der Waals surface area contributed by atoms with Crippen molar-refractivity contribution in [3.63, 3.8) is 0 Å². The van der Waals surface area contributed by atoms with Crippen LogP contribution in [0.5, 0.6) is 0 Å². The molecule has 1 heterocycles. The molecule has 0 saturated carbocycles. The molecule has 1 aromatic carbocycles. The highest BCUT2D eigenvalue weighted by Crippen LogP contribution is 2.30. The van der Waals surface area contributed by atoms with Gasteiger partial charge in [-0.25, -0.2) is 0 Å². The van der Waals surface area contributed by atoms with Gasteiger partial charge in [-0.05, 0) is 18.6 Å². The molecular weight excluding hydrogens is 257 g/mol. The van der Waals surface area contributed by atoms with Gasteiger partial charge in [0.15, 0.2) is 5.69 Å². The van der Waals surface area contributed by atoms with Crippen molar-refractivity contribution in [3.05, 3.63) is 53.9 Å². The SMILES string of the molecule is CC(C(O)c1ccccc1)n1ccc(C(F)(F)F)n1. The van der Waals surface area contributed by atoms with E-state index in [4.69, 9.17) is 0 Å². The molecule has 0 saturated heterocycles. The van der Waals surface area contributed by atoms with E-state index < -0.39 is 24.0 Å². The number of hydrogen-bond donors (Lipinski definition) is 1. The maximum atomic E-state index is 12.5. The van der Waals surface area contributed by atoms with E-state index in [1.54, 1.807) is 37.3 Å². The molecule has 2 atom stereocenters. The van der Waals surface area contributed by atoms with Crippen LogP contribution in [0.3, 0.4) is 0 Å². The van der Waals surface area contributed by atoms with Crippen molar-refractivity contribution in [2.24, 2.45) is 0 Å². The molecule has 6 heteroatoms.